The summed E-state index contributed by atoms with van der Waals surface area (Å²) in [6, 6.07) is 3.49. The van der Waals surface area contributed by atoms with Gasteiger partial charge in [0.15, 0.2) is 0 Å². The van der Waals surface area contributed by atoms with E-state index in [0.29, 0.717) is 27.9 Å². The lowest BCUT2D eigenvalue weighted by atomic mass is 9.98. The molecular weight excluding hydrogens is 565 g/mol. The highest BCUT2D eigenvalue weighted by Gasteiger charge is 2.42. The lowest BCUT2D eigenvalue weighted by Gasteiger charge is -2.29. The molecule has 11 nitrogen and oxygen atoms in total. The molecule has 12 heteroatoms. The molecule has 1 amide bonds. The van der Waals surface area contributed by atoms with Gasteiger partial charge in [0.05, 0.1) is 27.8 Å². The quantitative estimate of drug-likeness (QED) is 0.221. The maximum Gasteiger partial charge on any atom is 0.417 e. The summed E-state index contributed by atoms with van der Waals surface area (Å²) in [5.74, 6) is -0.920. The van der Waals surface area contributed by atoms with Gasteiger partial charge in [-0.25, -0.2) is 14.2 Å². The zero-order chi connectivity index (χ0) is 31.9. The second-order valence-electron chi connectivity index (χ2n) is 11.7. The number of nitrogens with zero attached hydrogens (tertiary/aromatic N) is 6. The maximum atomic E-state index is 15.8. The number of aromatic nitrogens is 2. The normalized spacial score (nSPS) is 19.6. The highest BCUT2D eigenvalue weighted by atomic mass is 19.1. The highest BCUT2D eigenvalue weighted by Crippen LogP contribution is 2.46. The predicted molar refractivity (Wildman–Crippen MR) is 168 cm³/mol. The molecule has 2 saturated heterocycles. The van der Waals surface area contributed by atoms with E-state index in [-0.39, 0.29) is 23.3 Å². The number of amides is 1. The molecule has 0 saturated carbocycles. The molecule has 2 aliphatic rings. The zero-order valence-corrected chi connectivity index (χ0v) is 26.1. The first kappa shape index (κ1) is 30.9. The van der Waals surface area contributed by atoms with Gasteiger partial charge in [-0.05, 0) is 45.7 Å². The molecule has 1 unspecified atom stereocenters. The van der Waals surface area contributed by atoms with Gasteiger partial charge >= 0.3 is 12.1 Å². The van der Waals surface area contributed by atoms with E-state index in [2.05, 4.69) is 32.9 Å². The fraction of sp³-hybridized carbons (Fsp3) is 0.469. The van der Waals surface area contributed by atoms with E-state index >= 15 is 4.39 Å². The molecule has 2 fully saturated rings. The van der Waals surface area contributed by atoms with Gasteiger partial charge in [0, 0.05) is 82.0 Å². The number of aromatic amines is 1. The average molecular weight is 604 g/mol. The summed E-state index contributed by atoms with van der Waals surface area (Å²) in [5.41, 5.74) is 3.37. The summed E-state index contributed by atoms with van der Waals surface area (Å²) < 4.78 is 26.0. The molecule has 0 spiro atoms. The van der Waals surface area contributed by atoms with Crippen molar-refractivity contribution in [3.05, 3.63) is 35.3 Å². The van der Waals surface area contributed by atoms with Crippen molar-refractivity contribution in [1.82, 2.24) is 14.9 Å². The number of aliphatic imine (C=N–C) groups is 1. The van der Waals surface area contributed by atoms with Crippen LogP contribution in [0, 0.1) is 23.1 Å². The summed E-state index contributed by atoms with van der Waals surface area (Å²) in [7, 11) is 3.54. The number of carbonyl (C=O) groups excluding carboxylic acids is 2. The van der Waals surface area contributed by atoms with Crippen LogP contribution >= 0.6 is 0 Å². The molecule has 4 heterocycles. The molecule has 2 aliphatic heterocycles. The van der Waals surface area contributed by atoms with Gasteiger partial charge in [-0.1, -0.05) is 6.08 Å². The van der Waals surface area contributed by atoms with E-state index in [1.54, 1.807) is 6.20 Å². The van der Waals surface area contributed by atoms with Gasteiger partial charge in [0.2, 0.25) is 6.29 Å². The molecular formula is C32H38FN7O4. The van der Waals surface area contributed by atoms with E-state index in [1.165, 1.54) is 20.9 Å². The minimum Gasteiger partial charge on any atom is -0.426 e. The molecule has 0 aliphatic carbocycles. The van der Waals surface area contributed by atoms with Crippen LogP contribution in [-0.4, -0.2) is 85.2 Å². The van der Waals surface area contributed by atoms with Crippen molar-refractivity contribution >= 4 is 57.2 Å². The Morgan fingerprint density at radius 2 is 2.02 bits per heavy atom. The van der Waals surface area contributed by atoms with E-state index in [0.717, 1.165) is 53.8 Å². The van der Waals surface area contributed by atoms with Gasteiger partial charge in [0.25, 0.3) is 0 Å². The largest absolute Gasteiger partial charge is 0.426 e. The third-order valence-electron chi connectivity index (χ3n) is 8.30. The molecule has 3 aromatic rings. The van der Waals surface area contributed by atoms with Crippen LogP contribution in [0.4, 0.5) is 20.6 Å². The molecule has 3 atom stereocenters. The molecule has 0 radical (unpaired) electrons. The fourth-order valence-corrected chi connectivity index (χ4v) is 6.40. The number of allylic oxidation sites excluding steroid dienone is 2. The first-order chi connectivity index (χ1) is 20.9. The maximum absolute atomic E-state index is 15.8. The summed E-state index contributed by atoms with van der Waals surface area (Å²) in [5, 5.41) is 11.2. The molecule has 1 aromatic carbocycles. The second kappa shape index (κ2) is 12.2. The van der Waals surface area contributed by atoms with Crippen molar-refractivity contribution in [1.29, 1.82) is 5.26 Å². The number of nitriles is 1. The van der Waals surface area contributed by atoms with Crippen LogP contribution in [0.2, 0.25) is 0 Å². The number of nitrogens with one attached hydrogen (secondary N) is 1. The molecule has 5 rings (SSSR count). The number of anilines is 2. The smallest absolute Gasteiger partial charge is 0.417 e. The van der Waals surface area contributed by atoms with Gasteiger partial charge in [-0.15, -0.1) is 0 Å². The Balaban J connectivity index is 1.77. The molecule has 232 valence electrons. The van der Waals surface area contributed by atoms with Crippen molar-refractivity contribution in [2.24, 2.45) is 10.9 Å². The molecule has 0 bridgehead atoms. The molecule has 2 aromatic heterocycles. The summed E-state index contributed by atoms with van der Waals surface area (Å²) in [4.78, 5) is 42.9. The van der Waals surface area contributed by atoms with Crippen molar-refractivity contribution in [3.8, 4) is 6.07 Å². The van der Waals surface area contributed by atoms with Gasteiger partial charge in [-0.3, -0.25) is 14.7 Å². The highest BCUT2D eigenvalue weighted by molar-refractivity contribution is 6.22. The number of likely N-dealkylation sites (N-methyl/N-ethyl adjacent to an activating group) is 1. The first-order valence-corrected chi connectivity index (χ1v) is 14.8. The summed E-state index contributed by atoms with van der Waals surface area (Å²) >= 11 is 0. The minimum absolute atomic E-state index is 0.0820. The van der Waals surface area contributed by atoms with Gasteiger partial charge in [0.1, 0.15) is 17.5 Å². The number of fused-ring (bicyclic) bond motifs is 4. The molecule has 44 heavy (non-hydrogen) atoms. The van der Waals surface area contributed by atoms with Crippen LogP contribution in [0.3, 0.4) is 0 Å². The SMILES string of the molecule is C/C=C(\C=N/C(C)C)c1cnc2[nH]c3c(N(C)C(=O)OC(C)OC(C)=O)cc(F)c(C#N)c3c2c1N1CC[C@H]2CN(C)C[C@H]21. The summed E-state index contributed by atoms with van der Waals surface area (Å²) in [6.45, 7) is 11.2. The fourth-order valence-electron chi connectivity index (χ4n) is 6.40. The lowest BCUT2D eigenvalue weighted by Crippen LogP contribution is -2.35. The monoisotopic (exact) mass is 603 g/mol. The molecule has 1 N–H and O–H groups in total. The Hall–Kier alpha value is -4.50. The first-order valence-electron chi connectivity index (χ1n) is 14.8. The van der Waals surface area contributed by atoms with Crippen molar-refractivity contribution in [2.75, 3.05) is 43.5 Å². The third-order valence-corrected chi connectivity index (χ3v) is 8.30. The van der Waals surface area contributed by atoms with Crippen LogP contribution < -0.4 is 9.80 Å². The van der Waals surface area contributed by atoms with Crippen LogP contribution in [0.1, 0.15) is 52.2 Å². The Morgan fingerprint density at radius 1 is 1.27 bits per heavy atom. The number of esters is 1. The number of pyridine rings is 1. The number of hydrogen-bond acceptors (Lipinski definition) is 9. The summed E-state index contributed by atoms with van der Waals surface area (Å²) in [6.07, 6.45) is 4.60. The lowest BCUT2D eigenvalue weighted by molar-refractivity contribution is -0.161. The van der Waals surface area contributed by atoms with Crippen molar-refractivity contribution < 1.29 is 23.5 Å². The number of halogens is 1. The Kier molecular flexibility index (Phi) is 8.61. The van der Waals surface area contributed by atoms with E-state index in [9.17, 15) is 14.9 Å². The average Bonchev–Trinajstić information content (AvgIpc) is 3.64. The standard InChI is InChI=1S/C32H38FN7O4/c1-8-20(13-35-17(2)3)23-14-36-31-28(30(23)40-10-9-21-15-38(6)16-26(21)40)27-22(12-34)24(33)11-25(29(27)37-31)39(7)32(42)44-19(5)43-18(4)41/h8,11,13-14,17,19,21,26H,9-10,15-16H2,1-7H3,(H,36,37)/b20-8+,35-13-/t19?,21-,26+/m0/s1. The van der Waals surface area contributed by atoms with Crippen LogP contribution in [0.15, 0.2) is 23.3 Å². The third kappa shape index (κ3) is 5.59. The number of likely N-dealkylation sites (tertiary alicyclic amines) is 1. The minimum atomic E-state index is -1.15. The van der Waals surface area contributed by atoms with Gasteiger partial charge < -0.3 is 24.3 Å². The van der Waals surface area contributed by atoms with Crippen LogP contribution in [-0.2, 0) is 14.3 Å². The number of benzene rings is 1. The van der Waals surface area contributed by atoms with Crippen molar-refractivity contribution in [3.63, 3.8) is 0 Å². The zero-order valence-electron chi connectivity index (χ0n) is 26.1. The number of ether oxygens (including phenoxy) is 2. The van der Waals surface area contributed by atoms with Gasteiger partial charge in [-0.2, -0.15) is 5.26 Å². The van der Waals surface area contributed by atoms with Crippen molar-refractivity contribution in [2.45, 2.75) is 59.4 Å². The predicted octanol–water partition coefficient (Wildman–Crippen LogP) is 5.23. The Morgan fingerprint density at radius 3 is 2.68 bits per heavy atom. The Bertz CT molecular complexity index is 1720. The number of carbonyl (C=O) groups is 2. The number of hydrogen-bond donors (Lipinski definition) is 1. The number of H-pyrrole nitrogens is 1. The van der Waals surface area contributed by atoms with E-state index in [4.69, 9.17) is 14.5 Å². The second-order valence-corrected chi connectivity index (χ2v) is 11.7. The van der Waals surface area contributed by atoms with Crippen LogP contribution in [0.25, 0.3) is 27.5 Å². The number of rotatable bonds is 7. The topological polar surface area (TPSA) is 127 Å². The van der Waals surface area contributed by atoms with E-state index in [1.807, 2.05) is 33.1 Å². The Labute approximate surface area is 255 Å². The van der Waals surface area contributed by atoms with Crippen LogP contribution in [0.5, 0.6) is 0 Å². The van der Waals surface area contributed by atoms with E-state index < -0.39 is 24.2 Å².